The topological polar surface area (TPSA) is 84.3 Å². The monoisotopic (exact) mass is 389 g/mol. The zero-order valence-electron chi connectivity index (χ0n) is 17.3. The lowest BCUT2D eigenvalue weighted by Gasteiger charge is -2.16. The van der Waals surface area contributed by atoms with Crippen LogP contribution in [-0.4, -0.2) is 36.2 Å². The van der Waals surface area contributed by atoms with Gasteiger partial charge in [0.15, 0.2) is 0 Å². The van der Waals surface area contributed by atoms with Crippen LogP contribution < -0.4 is 5.32 Å². The summed E-state index contributed by atoms with van der Waals surface area (Å²) in [6.07, 6.45) is 8.70. The first kappa shape index (κ1) is 19.1. The molecular weight excluding hydrogens is 362 g/mol. The van der Waals surface area contributed by atoms with Gasteiger partial charge in [-0.2, -0.15) is 5.10 Å². The van der Waals surface area contributed by atoms with E-state index in [9.17, 15) is 0 Å². The first-order chi connectivity index (χ1) is 14.0. The van der Waals surface area contributed by atoms with Gasteiger partial charge in [0.05, 0.1) is 23.6 Å². The average molecular weight is 390 g/mol. The molecule has 0 saturated carbocycles. The van der Waals surface area contributed by atoms with E-state index in [0.29, 0.717) is 5.92 Å². The lowest BCUT2D eigenvalue weighted by atomic mass is 10.0. The molecule has 1 aromatic carbocycles. The molecule has 0 saturated heterocycles. The van der Waals surface area contributed by atoms with Gasteiger partial charge in [-0.05, 0) is 43.9 Å². The molecule has 0 aliphatic rings. The SMILES string of the molecule is CC(C)CCn1cc(-c2cnc3ccc(-c4cn[nH]c4)cc3c2NC(C)C)nn1. The van der Waals surface area contributed by atoms with Crippen LogP contribution >= 0.6 is 0 Å². The van der Waals surface area contributed by atoms with E-state index in [1.165, 1.54) is 0 Å². The summed E-state index contributed by atoms with van der Waals surface area (Å²) in [4.78, 5) is 4.69. The van der Waals surface area contributed by atoms with Crippen LogP contribution in [-0.2, 0) is 6.54 Å². The summed E-state index contributed by atoms with van der Waals surface area (Å²) >= 11 is 0. The summed E-state index contributed by atoms with van der Waals surface area (Å²) in [5.74, 6) is 0.629. The number of hydrogen-bond acceptors (Lipinski definition) is 5. The highest BCUT2D eigenvalue weighted by Gasteiger charge is 2.16. The number of aryl methyl sites for hydroxylation is 1. The molecule has 2 N–H and O–H groups in total. The Morgan fingerprint density at radius 3 is 2.69 bits per heavy atom. The molecular formula is C22H27N7. The van der Waals surface area contributed by atoms with Gasteiger partial charge < -0.3 is 5.32 Å². The molecule has 0 bridgehead atoms. The number of H-pyrrole nitrogens is 1. The third-order valence-corrected chi connectivity index (χ3v) is 4.88. The number of aromatic amines is 1. The number of pyridine rings is 1. The van der Waals surface area contributed by atoms with Gasteiger partial charge in [0.1, 0.15) is 5.69 Å². The molecule has 0 radical (unpaired) electrons. The number of fused-ring (bicyclic) bond motifs is 1. The van der Waals surface area contributed by atoms with E-state index >= 15 is 0 Å². The lowest BCUT2D eigenvalue weighted by molar-refractivity contribution is 0.478. The summed E-state index contributed by atoms with van der Waals surface area (Å²) in [5.41, 5.74) is 5.92. The second-order valence-electron chi connectivity index (χ2n) is 8.11. The minimum absolute atomic E-state index is 0.271. The van der Waals surface area contributed by atoms with Gasteiger partial charge in [-0.3, -0.25) is 14.8 Å². The molecule has 7 heteroatoms. The Labute approximate surface area is 170 Å². The summed E-state index contributed by atoms with van der Waals surface area (Å²) in [5, 5.41) is 20.4. The highest BCUT2D eigenvalue weighted by molar-refractivity contribution is 6.00. The van der Waals surface area contributed by atoms with Crippen LogP contribution in [0.4, 0.5) is 5.69 Å². The largest absolute Gasteiger partial charge is 0.382 e. The molecule has 29 heavy (non-hydrogen) atoms. The maximum atomic E-state index is 4.69. The molecule has 0 spiro atoms. The first-order valence-electron chi connectivity index (χ1n) is 10.1. The van der Waals surface area contributed by atoms with Gasteiger partial charge in [-0.1, -0.05) is 25.1 Å². The summed E-state index contributed by atoms with van der Waals surface area (Å²) in [6, 6.07) is 6.55. The van der Waals surface area contributed by atoms with Crippen molar-refractivity contribution in [1.29, 1.82) is 0 Å². The van der Waals surface area contributed by atoms with E-state index in [-0.39, 0.29) is 6.04 Å². The van der Waals surface area contributed by atoms with Crippen molar-refractivity contribution in [2.24, 2.45) is 5.92 Å². The number of nitrogens with zero attached hydrogens (tertiary/aromatic N) is 5. The van der Waals surface area contributed by atoms with Gasteiger partial charge in [0, 0.05) is 41.5 Å². The molecule has 0 unspecified atom stereocenters. The van der Waals surface area contributed by atoms with Crippen LogP contribution in [0.25, 0.3) is 33.3 Å². The van der Waals surface area contributed by atoms with Crippen molar-refractivity contribution >= 4 is 16.6 Å². The Balaban J connectivity index is 1.80. The lowest BCUT2D eigenvalue weighted by Crippen LogP contribution is -2.11. The predicted molar refractivity (Wildman–Crippen MR) is 117 cm³/mol. The van der Waals surface area contributed by atoms with Crippen LogP contribution in [0.3, 0.4) is 0 Å². The van der Waals surface area contributed by atoms with Crippen LogP contribution in [0.5, 0.6) is 0 Å². The van der Waals surface area contributed by atoms with Crippen molar-refractivity contribution in [3.8, 4) is 22.4 Å². The fourth-order valence-electron chi connectivity index (χ4n) is 3.34. The minimum atomic E-state index is 0.271. The molecule has 7 nitrogen and oxygen atoms in total. The minimum Gasteiger partial charge on any atom is -0.382 e. The number of rotatable bonds is 7. The van der Waals surface area contributed by atoms with Crippen LogP contribution in [0.15, 0.2) is 43.0 Å². The zero-order valence-corrected chi connectivity index (χ0v) is 17.3. The fraction of sp³-hybridized carbons (Fsp3) is 0.364. The first-order valence-corrected chi connectivity index (χ1v) is 10.1. The normalized spacial score (nSPS) is 11.7. The summed E-state index contributed by atoms with van der Waals surface area (Å²) < 4.78 is 1.92. The number of hydrogen-bond donors (Lipinski definition) is 2. The number of benzene rings is 1. The second kappa shape index (κ2) is 8.03. The standard InChI is InChI=1S/C22H27N7/c1-14(2)7-8-29-13-21(27-28-29)19-12-23-20-6-5-16(17-10-24-25-11-17)9-18(20)22(19)26-15(3)4/h5-6,9-15H,7-8H2,1-4H3,(H,23,26)(H,24,25). The molecule has 3 aromatic heterocycles. The third kappa shape index (κ3) is 4.13. The maximum Gasteiger partial charge on any atom is 0.116 e. The Hall–Kier alpha value is -3.22. The molecule has 0 fully saturated rings. The summed E-state index contributed by atoms with van der Waals surface area (Å²) in [7, 11) is 0. The quantitative estimate of drug-likeness (QED) is 0.476. The maximum absolute atomic E-state index is 4.69. The molecule has 0 aliphatic heterocycles. The molecule has 4 aromatic rings. The number of anilines is 1. The van der Waals surface area contributed by atoms with Crippen molar-refractivity contribution in [2.45, 2.75) is 46.7 Å². The van der Waals surface area contributed by atoms with E-state index in [0.717, 1.165) is 51.9 Å². The number of aromatic nitrogens is 6. The highest BCUT2D eigenvalue weighted by atomic mass is 15.4. The van der Waals surface area contributed by atoms with Crippen LogP contribution in [0.1, 0.15) is 34.1 Å². The van der Waals surface area contributed by atoms with Gasteiger partial charge in [0.2, 0.25) is 0 Å². The van der Waals surface area contributed by atoms with E-state index in [2.05, 4.69) is 65.7 Å². The van der Waals surface area contributed by atoms with Gasteiger partial charge in [-0.25, -0.2) is 0 Å². The molecule has 0 atom stereocenters. The summed E-state index contributed by atoms with van der Waals surface area (Å²) in [6.45, 7) is 9.56. The Morgan fingerprint density at radius 2 is 1.97 bits per heavy atom. The Bertz CT molecular complexity index is 1090. The van der Waals surface area contributed by atoms with Crippen LogP contribution in [0, 0.1) is 5.92 Å². The van der Waals surface area contributed by atoms with Crippen LogP contribution in [0.2, 0.25) is 0 Å². The molecule has 150 valence electrons. The van der Waals surface area contributed by atoms with E-state index in [1.54, 1.807) is 0 Å². The molecule has 0 amide bonds. The van der Waals surface area contributed by atoms with E-state index in [1.807, 2.05) is 35.5 Å². The molecule has 4 rings (SSSR count). The van der Waals surface area contributed by atoms with Gasteiger partial charge in [-0.15, -0.1) is 5.10 Å². The third-order valence-electron chi connectivity index (χ3n) is 4.88. The average Bonchev–Trinajstić information content (AvgIpc) is 3.38. The van der Waals surface area contributed by atoms with Gasteiger partial charge in [0.25, 0.3) is 0 Å². The smallest absolute Gasteiger partial charge is 0.116 e. The van der Waals surface area contributed by atoms with E-state index in [4.69, 9.17) is 4.98 Å². The fourth-order valence-corrected chi connectivity index (χ4v) is 3.34. The van der Waals surface area contributed by atoms with Crippen molar-refractivity contribution in [3.05, 3.63) is 43.0 Å². The predicted octanol–water partition coefficient (Wildman–Crippen LogP) is 4.75. The molecule has 0 aliphatic carbocycles. The Morgan fingerprint density at radius 1 is 1.10 bits per heavy atom. The molecule has 3 heterocycles. The van der Waals surface area contributed by atoms with Crippen molar-refractivity contribution in [2.75, 3.05) is 5.32 Å². The Kier molecular flexibility index (Phi) is 5.29. The second-order valence-corrected chi connectivity index (χ2v) is 8.11. The van der Waals surface area contributed by atoms with Gasteiger partial charge >= 0.3 is 0 Å². The van der Waals surface area contributed by atoms with Crippen molar-refractivity contribution in [1.82, 2.24) is 30.2 Å². The highest BCUT2D eigenvalue weighted by Crippen LogP contribution is 2.35. The zero-order chi connectivity index (χ0) is 20.4. The number of nitrogens with one attached hydrogen (secondary N) is 2. The van der Waals surface area contributed by atoms with Crippen molar-refractivity contribution < 1.29 is 0 Å². The van der Waals surface area contributed by atoms with Crippen molar-refractivity contribution in [3.63, 3.8) is 0 Å². The van der Waals surface area contributed by atoms with E-state index < -0.39 is 0 Å².